The van der Waals surface area contributed by atoms with Crippen molar-refractivity contribution in [2.75, 3.05) is 5.32 Å². The van der Waals surface area contributed by atoms with Gasteiger partial charge in [-0.1, -0.05) is 31.4 Å². The maximum absolute atomic E-state index is 12.6. The normalized spacial score (nSPS) is 16.2. The fourth-order valence-corrected chi connectivity index (χ4v) is 4.94. The SMILES string of the molecule is O=S(=O)(Cc1cccc(Nc2ncccn2)c1)C1CCCCC1. The highest BCUT2D eigenvalue weighted by Gasteiger charge is 2.27. The van der Waals surface area contributed by atoms with Crippen LogP contribution in [0.25, 0.3) is 0 Å². The number of rotatable bonds is 5. The molecule has 5 nitrogen and oxygen atoms in total. The molecule has 1 aliphatic carbocycles. The van der Waals surface area contributed by atoms with E-state index >= 15 is 0 Å². The van der Waals surface area contributed by atoms with Crippen molar-refractivity contribution >= 4 is 21.5 Å². The third-order valence-corrected chi connectivity index (χ3v) is 6.40. The topological polar surface area (TPSA) is 72.0 Å². The van der Waals surface area contributed by atoms with Crippen LogP contribution in [0.15, 0.2) is 42.7 Å². The van der Waals surface area contributed by atoms with E-state index in [4.69, 9.17) is 0 Å². The van der Waals surface area contributed by atoms with E-state index in [1.54, 1.807) is 18.5 Å². The molecule has 1 heterocycles. The van der Waals surface area contributed by atoms with Gasteiger partial charge in [-0.15, -0.1) is 0 Å². The summed E-state index contributed by atoms with van der Waals surface area (Å²) in [5, 5.41) is 2.92. The summed E-state index contributed by atoms with van der Waals surface area (Å²) in [6.07, 6.45) is 8.13. The van der Waals surface area contributed by atoms with E-state index in [-0.39, 0.29) is 11.0 Å². The number of hydrogen-bond donors (Lipinski definition) is 1. The molecule has 1 N–H and O–H groups in total. The average molecular weight is 331 g/mol. The molecular weight excluding hydrogens is 310 g/mol. The molecule has 1 aliphatic rings. The number of hydrogen-bond acceptors (Lipinski definition) is 5. The first kappa shape index (κ1) is 15.9. The highest BCUT2D eigenvalue weighted by Crippen LogP contribution is 2.26. The standard InChI is InChI=1S/C17H21N3O2S/c21-23(22,16-8-2-1-3-9-16)13-14-6-4-7-15(12-14)20-17-18-10-5-11-19-17/h4-7,10-12,16H,1-3,8-9,13H2,(H,18,19,20). The van der Waals surface area contributed by atoms with Gasteiger partial charge in [0.1, 0.15) is 0 Å². The molecule has 0 aliphatic heterocycles. The largest absolute Gasteiger partial charge is 0.324 e. The molecule has 1 aromatic carbocycles. The second kappa shape index (κ2) is 7.08. The third-order valence-electron chi connectivity index (χ3n) is 4.18. The van der Waals surface area contributed by atoms with Gasteiger partial charge in [0.25, 0.3) is 0 Å². The van der Waals surface area contributed by atoms with Crippen molar-refractivity contribution in [2.24, 2.45) is 0 Å². The van der Waals surface area contributed by atoms with Gasteiger partial charge in [0, 0.05) is 18.1 Å². The summed E-state index contributed by atoms with van der Waals surface area (Å²) in [5.74, 6) is 0.600. The number of benzene rings is 1. The molecule has 0 atom stereocenters. The van der Waals surface area contributed by atoms with Crippen LogP contribution in [-0.4, -0.2) is 23.6 Å². The molecule has 1 fully saturated rings. The number of sulfone groups is 1. The molecule has 0 radical (unpaired) electrons. The Balaban J connectivity index is 1.72. The van der Waals surface area contributed by atoms with Crippen molar-refractivity contribution < 1.29 is 8.42 Å². The zero-order chi connectivity index (χ0) is 16.1. The lowest BCUT2D eigenvalue weighted by molar-refractivity contribution is 0.483. The van der Waals surface area contributed by atoms with E-state index < -0.39 is 9.84 Å². The fraction of sp³-hybridized carbons (Fsp3) is 0.412. The maximum Gasteiger partial charge on any atom is 0.227 e. The summed E-state index contributed by atoms with van der Waals surface area (Å²) in [6.45, 7) is 0. The molecular formula is C17H21N3O2S. The molecule has 0 saturated heterocycles. The van der Waals surface area contributed by atoms with Crippen LogP contribution < -0.4 is 5.32 Å². The summed E-state index contributed by atoms with van der Waals surface area (Å²) in [4.78, 5) is 8.22. The molecule has 0 amide bonds. The molecule has 1 saturated carbocycles. The van der Waals surface area contributed by atoms with Crippen LogP contribution in [0.5, 0.6) is 0 Å². The van der Waals surface area contributed by atoms with Crippen LogP contribution in [0, 0.1) is 0 Å². The molecule has 3 rings (SSSR count). The Morgan fingerprint density at radius 3 is 2.52 bits per heavy atom. The number of anilines is 2. The van der Waals surface area contributed by atoms with Gasteiger partial charge in [0.2, 0.25) is 5.95 Å². The Hall–Kier alpha value is -1.95. The smallest absolute Gasteiger partial charge is 0.227 e. The van der Waals surface area contributed by atoms with E-state index in [0.29, 0.717) is 5.95 Å². The first-order valence-corrected chi connectivity index (χ1v) is 9.69. The predicted octanol–water partition coefficient (Wildman–Crippen LogP) is 3.47. The molecule has 0 bridgehead atoms. The Kier molecular flexibility index (Phi) is 4.91. The number of aromatic nitrogens is 2. The molecule has 0 spiro atoms. The first-order valence-electron chi connectivity index (χ1n) is 7.98. The van der Waals surface area contributed by atoms with Crippen LogP contribution in [0.4, 0.5) is 11.6 Å². The molecule has 0 unspecified atom stereocenters. The van der Waals surface area contributed by atoms with Crippen molar-refractivity contribution in [3.8, 4) is 0 Å². The summed E-state index contributed by atoms with van der Waals surface area (Å²) in [7, 11) is -3.09. The lowest BCUT2D eigenvalue weighted by Gasteiger charge is -2.21. The minimum Gasteiger partial charge on any atom is -0.324 e. The third kappa shape index (κ3) is 4.28. The lowest BCUT2D eigenvalue weighted by Crippen LogP contribution is -2.25. The van der Waals surface area contributed by atoms with Gasteiger partial charge in [-0.3, -0.25) is 0 Å². The molecule has 6 heteroatoms. The summed E-state index contributed by atoms with van der Waals surface area (Å²) < 4.78 is 25.2. The summed E-state index contributed by atoms with van der Waals surface area (Å²) in [5.41, 5.74) is 1.60. The van der Waals surface area contributed by atoms with E-state index in [1.165, 1.54) is 0 Å². The van der Waals surface area contributed by atoms with Crippen LogP contribution in [-0.2, 0) is 15.6 Å². The lowest BCUT2D eigenvalue weighted by atomic mass is 10.0. The van der Waals surface area contributed by atoms with Gasteiger partial charge in [0.15, 0.2) is 9.84 Å². The molecule has 23 heavy (non-hydrogen) atoms. The Morgan fingerprint density at radius 1 is 1.04 bits per heavy atom. The average Bonchev–Trinajstić information content (AvgIpc) is 2.56. The van der Waals surface area contributed by atoms with E-state index in [9.17, 15) is 8.42 Å². The fourth-order valence-electron chi connectivity index (χ4n) is 3.01. The van der Waals surface area contributed by atoms with Crippen molar-refractivity contribution in [3.63, 3.8) is 0 Å². The van der Waals surface area contributed by atoms with E-state index in [1.807, 2.05) is 24.3 Å². The summed E-state index contributed by atoms with van der Waals surface area (Å²) in [6, 6.07) is 9.20. The monoisotopic (exact) mass is 331 g/mol. The van der Waals surface area contributed by atoms with Crippen LogP contribution in [0.3, 0.4) is 0 Å². The molecule has 1 aromatic heterocycles. The van der Waals surface area contributed by atoms with Gasteiger partial charge in [-0.25, -0.2) is 18.4 Å². The second-order valence-electron chi connectivity index (χ2n) is 5.96. The van der Waals surface area contributed by atoms with Crippen molar-refractivity contribution in [1.29, 1.82) is 0 Å². The van der Waals surface area contributed by atoms with E-state index in [2.05, 4.69) is 15.3 Å². The number of nitrogens with one attached hydrogen (secondary N) is 1. The summed E-state index contributed by atoms with van der Waals surface area (Å²) >= 11 is 0. The minimum atomic E-state index is -3.09. The Bertz CT molecular complexity index is 741. The van der Waals surface area contributed by atoms with Crippen LogP contribution in [0.1, 0.15) is 37.7 Å². The van der Waals surface area contributed by atoms with Gasteiger partial charge in [0.05, 0.1) is 11.0 Å². The number of nitrogens with zero attached hydrogens (tertiary/aromatic N) is 2. The van der Waals surface area contributed by atoms with Crippen LogP contribution in [0.2, 0.25) is 0 Å². The molecule has 122 valence electrons. The van der Waals surface area contributed by atoms with Gasteiger partial charge < -0.3 is 5.32 Å². The van der Waals surface area contributed by atoms with E-state index in [0.717, 1.165) is 43.4 Å². The Morgan fingerprint density at radius 2 is 1.78 bits per heavy atom. The minimum absolute atomic E-state index is 0.100. The maximum atomic E-state index is 12.6. The first-order chi connectivity index (χ1) is 11.1. The zero-order valence-corrected chi connectivity index (χ0v) is 13.8. The van der Waals surface area contributed by atoms with Crippen LogP contribution >= 0.6 is 0 Å². The highest BCUT2D eigenvalue weighted by atomic mass is 32.2. The molecule has 2 aromatic rings. The van der Waals surface area contributed by atoms with Crippen molar-refractivity contribution in [3.05, 3.63) is 48.3 Å². The van der Waals surface area contributed by atoms with Gasteiger partial charge in [-0.05, 0) is 36.6 Å². The zero-order valence-electron chi connectivity index (χ0n) is 13.0. The van der Waals surface area contributed by atoms with Crippen molar-refractivity contribution in [2.45, 2.75) is 43.1 Å². The predicted molar refractivity (Wildman–Crippen MR) is 91.3 cm³/mol. The quantitative estimate of drug-likeness (QED) is 0.908. The van der Waals surface area contributed by atoms with Gasteiger partial charge >= 0.3 is 0 Å². The van der Waals surface area contributed by atoms with Crippen molar-refractivity contribution in [1.82, 2.24) is 9.97 Å². The highest BCUT2D eigenvalue weighted by molar-refractivity contribution is 7.91. The van der Waals surface area contributed by atoms with Gasteiger partial charge in [-0.2, -0.15) is 0 Å². The Labute approximate surface area is 137 Å². The second-order valence-corrected chi connectivity index (χ2v) is 8.25.